The molecule has 1 aliphatic rings. The Morgan fingerprint density at radius 3 is 2.75 bits per heavy atom. The average Bonchev–Trinajstić information content (AvgIpc) is 3.09. The predicted molar refractivity (Wildman–Crippen MR) is 68.9 cm³/mol. The van der Waals surface area contributed by atoms with Crippen LogP contribution in [0.15, 0.2) is 4.52 Å². The SMILES string of the molecule is CCCc1noc(CCC(=O)NCC2(C(=O)O)CC2)n1. The molecule has 2 rings (SSSR count). The fourth-order valence-corrected chi connectivity index (χ4v) is 1.91. The topological polar surface area (TPSA) is 105 Å². The Kier molecular flexibility index (Phi) is 4.36. The molecule has 1 aliphatic carbocycles. The first-order valence-electron chi connectivity index (χ1n) is 6.87. The van der Waals surface area contributed by atoms with Crippen LogP contribution in [0.2, 0.25) is 0 Å². The number of hydrogen-bond acceptors (Lipinski definition) is 5. The second kappa shape index (κ2) is 6.02. The summed E-state index contributed by atoms with van der Waals surface area (Å²) in [5.74, 6) is 0.0837. The van der Waals surface area contributed by atoms with Gasteiger partial charge in [-0.2, -0.15) is 4.98 Å². The fraction of sp³-hybridized carbons (Fsp3) is 0.692. The van der Waals surface area contributed by atoms with Gasteiger partial charge in [0.2, 0.25) is 11.8 Å². The Labute approximate surface area is 116 Å². The molecule has 20 heavy (non-hydrogen) atoms. The highest BCUT2D eigenvalue weighted by Crippen LogP contribution is 2.45. The van der Waals surface area contributed by atoms with Gasteiger partial charge in [0.25, 0.3) is 0 Å². The van der Waals surface area contributed by atoms with Crippen molar-refractivity contribution in [1.82, 2.24) is 15.5 Å². The summed E-state index contributed by atoms with van der Waals surface area (Å²) < 4.78 is 5.03. The maximum absolute atomic E-state index is 11.7. The molecule has 0 aliphatic heterocycles. The lowest BCUT2D eigenvalue weighted by Crippen LogP contribution is -2.34. The summed E-state index contributed by atoms with van der Waals surface area (Å²) in [5.41, 5.74) is -0.728. The Bertz CT molecular complexity index is 494. The van der Waals surface area contributed by atoms with E-state index >= 15 is 0 Å². The Morgan fingerprint density at radius 2 is 2.15 bits per heavy atom. The van der Waals surface area contributed by atoms with Gasteiger partial charge in [-0.25, -0.2) is 0 Å². The van der Waals surface area contributed by atoms with Gasteiger partial charge in [-0.3, -0.25) is 9.59 Å². The van der Waals surface area contributed by atoms with Gasteiger partial charge >= 0.3 is 5.97 Å². The lowest BCUT2D eigenvalue weighted by Gasteiger charge is -2.10. The zero-order valence-electron chi connectivity index (χ0n) is 11.5. The number of rotatable bonds is 8. The van der Waals surface area contributed by atoms with Gasteiger partial charge in [-0.05, 0) is 19.3 Å². The highest BCUT2D eigenvalue weighted by atomic mass is 16.5. The minimum atomic E-state index is -0.834. The van der Waals surface area contributed by atoms with E-state index in [0.717, 1.165) is 12.8 Å². The van der Waals surface area contributed by atoms with Crippen molar-refractivity contribution in [2.45, 2.75) is 45.4 Å². The van der Waals surface area contributed by atoms with Crippen LogP contribution >= 0.6 is 0 Å². The first kappa shape index (κ1) is 14.5. The average molecular weight is 281 g/mol. The second-order valence-electron chi connectivity index (χ2n) is 5.22. The van der Waals surface area contributed by atoms with E-state index in [2.05, 4.69) is 15.5 Å². The molecule has 7 heteroatoms. The predicted octanol–water partition coefficient (Wildman–Crippen LogP) is 0.936. The van der Waals surface area contributed by atoms with Crippen LogP contribution in [0.5, 0.6) is 0 Å². The van der Waals surface area contributed by atoms with Gasteiger partial charge in [-0.1, -0.05) is 12.1 Å². The molecule has 1 aromatic rings. The van der Waals surface area contributed by atoms with Gasteiger partial charge in [-0.15, -0.1) is 0 Å². The number of carboxylic acid groups (broad SMARTS) is 1. The molecule has 0 radical (unpaired) electrons. The van der Waals surface area contributed by atoms with Crippen molar-refractivity contribution >= 4 is 11.9 Å². The van der Waals surface area contributed by atoms with Crippen LogP contribution in [0.4, 0.5) is 0 Å². The number of aliphatic carboxylic acids is 1. The van der Waals surface area contributed by atoms with E-state index in [-0.39, 0.29) is 18.9 Å². The third-order valence-corrected chi connectivity index (χ3v) is 3.48. The number of nitrogens with zero attached hydrogens (tertiary/aromatic N) is 2. The Hall–Kier alpha value is -1.92. The molecule has 110 valence electrons. The lowest BCUT2D eigenvalue weighted by molar-refractivity contribution is -0.143. The van der Waals surface area contributed by atoms with Crippen molar-refractivity contribution in [1.29, 1.82) is 0 Å². The maximum Gasteiger partial charge on any atom is 0.311 e. The molecule has 1 fully saturated rings. The fourth-order valence-electron chi connectivity index (χ4n) is 1.91. The number of carbonyl (C=O) groups excluding carboxylic acids is 1. The summed E-state index contributed by atoms with van der Waals surface area (Å²) in [5, 5.41) is 15.5. The summed E-state index contributed by atoms with van der Waals surface area (Å²) in [7, 11) is 0. The third-order valence-electron chi connectivity index (χ3n) is 3.48. The number of aryl methyl sites for hydroxylation is 2. The zero-order valence-corrected chi connectivity index (χ0v) is 11.5. The number of carbonyl (C=O) groups is 2. The summed E-state index contributed by atoms with van der Waals surface area (Å²) in [6, 6.07) is 0. The van der Waals surface area contributed by atoms with E-state index in [0.29, 0.717) is 31.0 Å². The van der Waals surface area contributed by atoms with Crippen LogP contribution in [0, 0.1) is 5.41 Å². The third kappa shape index (κ3) is 3.55. The van der Waals surface area contributed by atoms with Crippen LogP contribution in [-0.2, 0) is 22.4 Å². The van der Waals surface area contributed by atoms with E-state index in [9.17, 15) is 9.59 Å². The van der Waals surface area contributed by atoms with Gasteiger partial charge < -0.3 is 14.9 Å². The molecule has 0 aromatic carbocycles. The lowest BCUT2D eigenvalue weighted by atomic mass is 10.1. The molecule has 0 atom stereocenters. The van der Waals surface area contributed by atoms with Gasteiger partial charge in [0.15, 0.2) is 5.82 Å². The van der Waals surface area contributed by atoms with Crippen LogP contribution in [-0.4, -0.2) is 33.7 Å². The number of hydrogen-bond donors (Lipinski definition) is 2. The van der Waals surface area contributed by atoms with Crippen molar-refractivity contribution < 1.29 is 19.2 Å². The molecule has 0 saturated heterocycles. The van der Waals surface area contributed by atoms with Crippen LogP contribution in [0.25, 0.3) is 0 Å². The van der Waals surface area contributed by atoms with E-state index in [1.54, 1.807) is 0 Å². The van der Waals surface area contributed by atoms with Crippen LogP contribution in [0.1, 0.15) is 44.3 Å². The van der Waals surface area contributed by atoms with E-state index < -0.39 is 11.4 Å². The number of carboxylic acids is 1. The molecular weight excluding hydrogens is 262 g/mol. The highest BCUT2D eigenvalue weighted by Gasteiger charge is 2.50. The number of amides is 1. The largest absolute Gasteiger partial charge is 0.481 e. The molecule has 0 bridgehead atoms. The first-order chi connectivity index (χ1) is 9.55. The second-order valence-corrected chi connectivity index (χ2v) is 5.22. The van der Waals surface area contributed by atoms with Crippen LogP contribution < -0.4 is 5.32 Å². The monoisotopic (exact) mass is 281 g/mol. The van der Waals surface area contributed by atoms with Crippen molar-refractivity contribution in [3.63, 3.8) is 0 Å². The first-order valence-corrected chi connectivity index (χ1v) is 6.87. The Balaban J connectivity index is 1.71. The number of nitrogens with one attached hydrogen (secondary N) is 1. The smallest absolute Gasteiger partial charge is 0.311 e. The molecular formula is C13H19N3O4. The zero-order chi connectivity index (χ0) is 14.6. The van der Waals surface area contributed by atoms with Crippen molar-refractivity contribution in [3.05, 3.63) is 11.7 Å². The summed E-state index contributed by atoms with van der Waals surface area (Å²) in [6.45, 7) is 2.23. The number of aromatic nitrogens is 2. The van der Waals surface area contributed by atoms with Gasteiger partial charge in [0, 0.05) is 25.8 Å². The van der Waals surface area contributed by atoms with Crippen molar-refractivity contribution in [2.24, 2.45) is 5.41 Å². The minimum Gasteiger partial charge on any atom is -0.481 e. The molecule has 2 N–H and O–H groups in total. The standard InChI is InChI=1S/C13H19N3O4/c1-2-3-9-15-11(20-16-9)5-4-10(17)14-8-13(6-7-13)12(18)19/h2-8H2,1H3,(H,14,17)(H,18,19). The van der Waals surface area contributed by atoms with Crippen LogP contribution in [0.3, 0.4) is 0 Å². The van der Waals surface area contributed by atoms with Crippen molar-refractivity contribution in [3.8, 4) is 0 Å². The van der Waals surface area contributed by atoms with E-state index in [4.69, 9.17) is 9.63 Å². The molecule has 1 saturated carbocycles. The quantitative estimate of drug-likeness (QED) is 0.734. The summed E-state index contributed by atoms with van der Waals surface area (Å²) in [4.78, 5) is 26.8. The van der Waals surface area contributed by atoms with Crippen molar-refractivity contribution in [2.75, 3.05) is 6.54 Å². The Morgan fingerprint density at radius 1 is 1.40 bits per heavy atom. The van der Waals surface area contributed by atoms with Gasteiger partial charge in [0.05, 0.1) is 5.41 Å². The molecule has 1 aromatic heterocycles. The maximum atomic E-state index is 11.7. The van der Waals surface area contributed by atoms with E-state index in [1.165, 1.54) is 0 Å². The summed E-state index contributed by atoms with van der Waals surface area (Å²) >= 11 is 0. The molecule has 0 unspecified atom stereocenters. The van der Waals surface area contributed by atoms with Gasteiger partial charge in [0.1, 0.15) is 0 Å². The highest BCUT2D eigenvalue weighted by molar-refractivity contribution is 5.80. The van der Waals surface area contributed by atoms with E-state index in [1.807, 2.05) is 6.92 Å². The summed E-state index contributed by atoms with van der Waals surface area (Å²) in [6.07, 6.45) is 3.57. The molecule has 0 spiro atoms. The molecule has 1 heterocycles. The molecule has 1 amide bonds. The normalized spacial score (nSPS) is 15.8. The minimum absolute atomic E-state index is 0.187. The molecule has 7 nitrogen and oxygen atoms in total.